The van der Waals surface area contributed by atoms with Gasteiger partial charge in [0.05, 0.1) is 19.7 Å². The molecule has 4 heteroatoms. The lowest BCUT2D eigenvalue weighted by Crippen LogP contribution is -2.36. The fourth-order valence-corrected chi connectivity index (χ4v) is 2.58. The van der Waals surface area contributed by atoms with E-state index in [1.54, 1.807) is 7.11 Å². The number of aliphatic imine (C=N–C) groups is 1. The number of nitrogens with two attached hydrogens (primary N) is 1. The number of anilines is 1. The van der Waals surface area contributed by atoms with E-state index in [9.17, 15) is 0 Å². The molecule has 0 spiro atoms. The Morgan fingerprint density at radius 3 is 2.55 bits per heavy atom. The summed E-state index contributed by atoms with van der Waals surface area (Å²) in [4.78, 5) is 6.45. The number of methoxy groups -OCH3 is 1. The van der Waals surface area contributed by atoms with E-state index in [0.717, 1.165) is 17.0 Å². The van der Waals surface area contributed by atoms with Crippen molar-refractivity contribution in [3.8, 4) is 5.75 Å². The lowest BCUT2D eigenvalue weighted by molar-refractivity contribution is 0.406. The molecule has 2 aromatic rings. The van der Waals surface area contributed by atoms with E-state index in [-0.39, 0.29) is 6.04 Å². The Bertz CT molecular complexity index is 625. The number of nitrogens with zero attached hydrogens (tertiary/aromatic N) is 2. The van der Waals surface area contributed by atoms with Crippen LogP contribution in [0.2, 0.25) is 0 Å². The number of hydrogen-bond acceptors (Lipinski definition) is 4. The molecule has 1 aliphatic rings. The predicted octanol–water partition coefficient (Wildman–Crippen LogP) is 2.57. The Hall–Kier alpha value is -2.49. The Labute approximate surface area is 118 Å². The first-order chi connectivity index (χ1) is 9.81. The second-order valence-corrected chi connectivity index (χ2v) is 4.66. The molecule has 2 aromatic carbocycles. The molecule has 0 aliphatic carbocycles. The number of ether oxygens (including phenoxy) is 1. The highest BCUT2D eigenvalue weighted by Crippen LogP contribution is 2.35. The van der Waals surface area contributed by atoms with Crippen molar-refractivity contribution in [3.63, 3.8) is 0 Å². The van der Waals surface area contributed by atoms with E-state index in [4.69, 9.17) is 10.5 Å². The first-order valence-electron chi connectivity index (χ1n) is 6.58. The number of guanidine groups is 1. The zero-order valence-corrected chi connectivity index (χ0v) is 11.4. The van der Waals surface area contributed by atoms with Crippen LogP contribution in [0.1, 0.15) is 11.6 Å². The molecule has 0 radical (unpaired) electrons. The first-order valence-corrected chi connectivity index (χ1v) is 6.58. The fourth-order valence-electron chi connectivity index (χ4n) is 2.58. The second-order valence-electron chi connectivity index (χ2n) is 4.66. The van der Waals surface area contributed by atoms with E-state index in [1.165, 1.54) is 0 Å². The SMILES string of the molecule is COc1ccccc1C1CN=C(N)N1c1ccccc1. The third-order valence-corrected chi connectivity index (χ3v) is 3.52. The topological polar surface area (TPSA) is 50.9 Å². The highest BCUT2D eigenvalue weighted by atomic mass is 16.5. The van der Waals surface area contributed by atoms with Crippen molar-refractivity contribution in [1.29, 1.82) is 0 Å². The molecule has 0 saturated heterocycles. The summed E-state index contributed by atoms with van der Waals surface area (Å²) in [5, 5.41) is 0. The minimum atomic E-state index is 0.0774. The molecule has 20 heavy (non-hydrogen) atoms. The summed E-state index contributed by atoms with van der Waals surface area (Å²) in [7, 11) is 1.69. The predicted molar refractivity (Wildman–Crippen MR) is 81.1 cm³/mol. The maximum absolute atomic E-state index is 6.07. The van der Waals surface area contributed by atoms with Crippen LogP contribution < -0.4 is 15.4 Å². The van der Waals surface area contributed by atoms with E-state index in [0.29, 0.717) is 12.5 Å². The molecule has 0 saturated carbocycles. The normalized spacial score (nSPS) is 17.9. The summed E-state index contributed by atoms with van der Waals surface area (Å²) in [6.45, 7) is 0.640. The van der Waals surface area contributed by atoms with Crippen LogP contribution in [0.3, 0.4) is 0 Å². The third-order valence-electron chi connectivity index (χ3n) is 3.52. The molecule has 102 valence electrons. The van der Waals surface area contributed by atoms with E-state index in [2.05, 4.69) is 16.0 Å². The standard InChI is InChI=1S/C16H17N3O/c1-20-15-10-6-5-9-13(15)14-11-18-16(17)19(14)12-7-3-2-4-8-12/h2-10,14H,11H2,1H3,(H2,17,18). The molecule has 0 amide bonds. The molecule has 0 fully saturated rings. The van der Waals surface area contributed by atoms with Crippen molar-refractivity contribution in [2.45, 2.75) is 6.04 Å². The van der Waals surface area contributed by atoms with Crippen molar-refractivity contribution in [3.05, 3.63) is 60.2 Å². The summed E-state index contributed by atoms with van der Waals surface area (Å²) in [5.41, 5.74) is 8.21. The highest BCUT2D eigenvalue weighted by molar-refractivity contribution is 5.97. The number of rotatable bonds is 3. The molecule has 0 bridgehead atoms. The van der Waals surface area contributed by atoms with Gasteiger partial charge in [-0.2, -0.15) is 0 Å². The maximum atomic E-state index is 6.07. The van der Waals surface area contributed by atoms with Gasteiger partial charge in [-0.3, -0.25) is 4.99 Å². The first kappa shape index (κ1) is 12.5. The van der Waals surface area contributed by atoms with Crippen molar-refractivity contribution in [2.24, 2.45) is 10.7 Å². The fraction of sp³-hybridized carbons (Fsp3) is 0.188. The number of para-hydroxylation sites is 2. The van der Waals surface area contributed by atoms with Crippen molar-refractivity contribution < 1.29 is 4.74 Å². The third kappa shape index (κ3) is 2.09. The molecule has 3 rings (SSSR count). The molecular weight excluding hydrogens is 250 g/mol. The van der Waals surface area contributed by atoms with Crippen LogP contribution in [0.25, 0.3) is 0 Å². The van der Waals surface area contributed by atoms with Crippen LogP contribution >= 0.6 is 0 Å². The van der Waals surface area contributed by atoms with Gasteiger partial charge in [0.15, 0.2) is 5.96 Å². The molecule has 1 atom stereocenters. The Morgan fingerprint density at radius 1 is 1.10 bits per heavy atom. The van der Waals surface area contributed by atoms with Gasteiger partial charge >= 0.3 is 0 Å². The minimum Gasteiger partial charge on any atom is -0.496 e. The monoisotopic (exact) mass is 267 g/mol. The summed E-state index contributed by atoms with van der Waals surface area (Å²) >= 11 is 0. The number of hydrogen-bond donors (Lipinski definition) is 1. The molecule has 0 aromatic heterocycles. The van der Waals surface area contributed by atoms with Crippen molar-refractivity contribution in [2.75, 3.05) is 18.6 Å². The lowest BCUT2D eigenvalue weighted by Gasteiger charge is -2.27. The van der Waals surface area contributed by atoms with Crippen LogP contribution in [-0.2, 0) is 0 Å². The van der Waals surface area contributed by atoms with Gasteiger partial charge in [-0.15, -0.1) is 0 Å². The van der Waals surface area contributed by atoms with Gasteiger partial charge < -0.3 is 15.4 Å². The van der Waals surface area contributed by atoms with Gasteiger partial charge in [-0.25, -0.2) is 0 Å². The van der Waals surface area contributed by atoms with Gasteiger partial charge in [-0.05, 0) is 18.2 Å². The molecule has 4 nitrogen and oxygen atoms in total. The zero-order chi connectivity index (χ0) is 13.9. The van der Waals surface area contributed by atoms with Gasteiger partial charge in [0, 0.05) is 11.3 Å². The number of benzene rings is 2. The van der Waals surface area contributed by atoms with Gasteiger partial charge in [0.25, 0.3) is 0 Å². The summed E-state index contributed by atoms with van der Waals surface area (Å²) < 4.78 is 5.46. The molecule has 1 aliphatic heterocycles. The highest BCUT2D eigenvalue weighted by Gasteiger charge is 2.30. The van der Waals surface area contributed by atoms with E-state index in [1.807, 2.05) is 48.5 Å². The average molecular weight is 267 g/mol. The average Bonchev–Trinajstić information content (AvgIpc) is 2.89. The van der Waals surface area contributed by atoms with Gasteiger partial charge in [0.1, 0.15) is 5.75 Å². The van der Waals surface area contributed by atoms with Crippen molar-refractivity contribution >= 4 is 11.6 Å². The largest absolute Gasteiger partial charge is 0.496 e. The second kappa shape index (κ2) is 5.25. The molecular formula is C16H17N3O. The Kier molecular flexibility index (Phi) is 3.29. The van der Waals surface area contributed by atoms with Crippen LogP contribution in [0.15, 0.2) is 59.6 Å². The smallest absolute Gasteiger partial charge is 0.196 e. The van der Waals surface area contributed by atoms with Crippen LogP contribution in [0.4, 0.5) is 5.69 Å². The lowest BCUT2D eigenvalue weighted by atomic mass is 10.0. The Balaban J connectivity index is 2.02. The van der Waals surface area contributed by atoms with E-state index < -0.39 is 0 Å². The quantitative estimate of drug-likeness (QED) is 0.930. The molecule has 1 heterocycles. The molecule has 2 N–H and O–H groups in total. The molecule has 1 unspecified atom stereocenters. The van der Waals surface area contributed by atoms with Gasteiger partial charge in [-0.1, -0.05) is 36.4 Å². The Morgan fingerprint density at radius 2 is 1.80 bits per heavy atom. The zero-order valence-electron chi connectivity index (χ0n) is 11.4. The summed E-state index contributed by atoms with van der Waals surface area (Å²) in [6, 6.07) is 18.1. The maximum Gasteiger partial charge on any atom is 0.196 e. The van der Waals surface area contributed by atoms with Gasteiger partial charge in [0.2, 0.25) is 0 Å². The van der Waals surface area contributed by atoms with Crippen LogP contribution in [-0.4, -0.2) is 19.6 Å². The van der Waals surface area contributed by atoms with Crippen molar-refractivity contribution in [1.82, 2.24) is 0 Å². The summed E-state index contributed by atoms with van der Waals surface area (Å²) in [5.74, 6) is 1.41. The van der Waals surface area contributed by atoms with E-state index >= 15 is 0 Å². The van der Waals surface area contributed by atoms with Crippen LogP contribution in [0, 0.1) is 0 Å². The minimum absolute atomic E-state index is 0.0774. The van der Waals surface area contributed by atoms with Crippen LogP contribution in [0.5, 0.6) is 5.75 Å². The summed E-state index contributed by atoms with van der Waals surface area (Å²) in [6.07, 6.45) is 0.